The highest BCUT2D eigenvalue weighted by atomic mass is 28.4. The first-order valence-electron chi connectivity index (χ1n) is 8.24. The maximum Gasteiger partial charge on any atom is 0.192 e. The van der Waals surface area contributed by atoms with Crippen molar-refractivity contribution < 1.29 is 9.53 Å². The fourth-order valence-corrected chi connectivity index (χ4v) is 4.81. The van der Waals surface area contributed by atoms with Gasteiger partial charge in [-0.3, -0.25) is 0 Å². The Kier molecular flexibility index (Phi) is 4.70. The summed E-state index contributed by atoms with van der Waals surface area (Å²) in [5.74, 6) is 0.384. The second-order valence-electron chi connectivity index (χ2n) is 8.38. The largest absolute Gasteiger partial charge is 0.412 e. The van der Waals surface area contributed by atoms with Crippen LogP contribution in [0.3, 0.4) is 0 Å². The molecule has 0 aromatic rings. The van der Waals surface area contributed by atoms with Gasteiger partial charge >= 0.3 is 0 Å². The molecule has 1 heterocycles. The van der Waals surface area contributed by atoms with Crippen LogP contribution in [0.25, 0.3) is 0 Å². The van der Waals surface area contributed by atoms with Gasteiger partial charge in [0.2, 0.25) is 0 Å². The molecule has 4 heteroatoms. The standard InChI is InChI=1S/C16H33NO2Si/c1-11-15(19-20(5,6)16(2,3)4)10-12-13(17-11)8-7-9-14(12)18/h11-15,17-18H,7-10H2,1-6H3/t11-,12+,13+,14-,15+/m0/s1. The van der Waals surface area contributed by atoms with E-state index in [0.29, 0.717) is 18.0 Å². The molecule has 118 valence electrons. The third-order valence-corrected chi connectivity index (χ3v) is 10.3. The van der Waals surface area contributed by atoms with Crippen LogP contribution in [-0.2, 0) is 4.43 Å². The third-order valence-electron chi connectivity index (χ3n) is 5.82. The quantitative estimate of drug-likeness (QED) is 0.769. The monoisotopic (exact) mass is 299 g/mol. The van der Waals surface area contributed by atoms with Crippen LogP contribution in [0.15, 0.2) is 0 Å². The van der Waals surface area contributed by atoms with Gasteiger partial charge in [-0.2, -0.15) is 0 Å². The highest BCUT2D eigenvalue weighted by molar-refractivity contribution is 6.74. The zero-order valence-corrected chi connectivity index (χ0v) is 15.1. The normalized spacial score (nSPS) is 39.5. The molecule has 0 spiro atoms. The number of fused-ring (bicyclic) bond motifs is 1. The van der Waals surface area contributed by atoms with Crippen molar-refractivity contribution in [2.24, 2.45) is 5.92 Å². The van der Waals surface area contributed by atoms with E-state index in [1.54, 1.807) is 0 Å². The number of aliphatic hydroxyl groups is 1. The lowest BCUT2D eigenvalue weighted by atomic mass is 9.75. The molecule has 20 heavy (non-hydrogen) atoms. The Balaban J connectivity index is 2.05. The van der Waals surface area contributed by atoms with Gasteiger partial charge in [0.1, 0.15) is 0 Å². The van der Waals surface area contributed by atoms with Gasteiger partial charge < -0.3 is 14.8 Å². The van der Waals surface area contributed by atoms with Gasteiger partial charge in [0.25, 0.3) is 0 Å². The van der Waals surface area contributed by atoms with Crippen LogP contribution in [0.1, 0.15) is 53.4 Å². The van der Waals surface area contributed by atoms with Crippen LogP contribution in [0.2, 0.25) is 18.1 Å². The zero-order valence-electron chi connectivity index (χ0n) is 14.1. The molecule has 5 atom stereocenters. The van der Waals surface area contributed by atoms with Crippen molar-refractivity contribution in [1.82, 2.24) is 5.32 Å². The first-order chi connectivity index (χ1) is 9.12. The molecule has 1 aliphatic carbocycles. The molecule has 0 aromatic heterocycles. The lowest BCUT2D eigenvalue weighted by molar-refractivity contribution is -0.0227. The Morgan fingerprint density at radius 2 is 1.85 bits per heavy atom. The van der Waals surface area contributed by atoms with Crippen LogP contribution in [0.5, 0.6) is 0 Å². The van der Waals surface area contributed by atoms with Crippen molar-refractivity contribution in [3.8, 4) is 0 Å². The van der Waals surface area contributed by atoms with Gasteiger partial charge in [-0.1, -0.05) is 20.8 Å². The van der Waals surface area contributed by atoms with Gasteiger partial charge in [-0.15, -0.1) is 0 Å². The molecule has 0 radical (unpaired) electrons. The van der Waals surface area contributed by atoms with Crippen molar-refractivity contribution in [2.75, 3.05) is 0 Å². The van der Waals surface area contributed by atoms with Gasteiger partial charge in [0, 0.05) is 18.0 Å². The maximum atomic E-state index is 10.3. The summed E-state index contributed by atoms with van der Waals surface area (Å²) in [5, 5.41) is 14.2. The molecule has 0 unspecified atom stereocenters. The van der Waals surface area contributed by atoms with E-state index in [2.05, 4.69) is 46.1 Å². The first-order valence-corrected chi connectivity index (χ1v) is 11.1. The smallest absolute Gasteiger partial charge is 0.192 e. The maximum absolute atomic E-state index is 10.3. The number of nitrogens with one attached hydrogen (secondary N) is 1. The van der Waals surface area contributed by atoms with Gasteiger partial charge in [0.15, 0.2) is 8.32 Å². The van der Waals surface area contributed by atoms with Crippen LogP contribution in [0.4, 0.5) is 0 Å². The summed E-state index contributed by atoms with van der Waals surface area (Å²) in [6, 6.07) is 0.892. The molecule has 0 bridgehead atoms. The van der Waals surface area contributed by atoms with E-state index in [1.807, 2.05) is 0 Å². The van der Waals surface area contributed by atoms with Crippen molar-refractivity contribution in [3.63, 3.8) is 0 Å². The molecule has 2 rings (SSSR count). The molecule has 1 saturated heterocycles. The summed E-state index contributed by atoms with van der Waals surface area (Å²) in [7, 11) is -1.73. The van der Waals surface area contributed by atoms with Crippen molar-refractivity contribution in [3.05, 3.63) is 0 Å². The second-order valence-corrected chi connectivity index (χ2v) is 13.1. The molecule has 0 aromatic carbocycles. The summed E-state index contributed by atoms with van der Waals surface area (Å²) in [6.07, 6.45) is 4.45. The Morgan fingerprint density at radius 1 is 1.20 bits per heavy atom. The minimum absolute atomic E-state index is 0.140. The topological polar surface area (TPSA) is 41.5 Å². The molecule has 1 saturated carbocycles. The third kappa shape index (κ3) is 3.29. The van der Waals surface area contributed by atoms with Crippen molar-refractivity contribution in [2.45, 2.75) is 95.8 Å². The van der Waals surface area contributed by atoms with Gasteiger partial charge in [-0.05, 0) is 50.7 Å². The highest BCUT2D eigenvalue weighted by Crippen LogP contribution is 2.40. The summed E-state index contributed by atoms with van der Waals surface area (Å²) in [4.78, 5) is 0. The lowest BCUT2D eigenvalue weighted by Crippen LogP contribution is -2.60. The first kappa shape index (κ1) is 16.5. The summed E-state index contributed by atoms with van der Waals surface area (Å²) >= 11 is 0. The minimum atomic E-state index is -1.73. The van der Waals surface area contributed by atoms with Crippen molar-refractivity contribution in [1.29, 1.82) is 0 Å². The van der Waals surface area contributed by atoms with Crippen LogP contribution in [0, 0.1) is 5.92 Å². The molecular formula is C16H33NO2Si. The van der Waals surface area contributed by atoms with Gasteiger partial charge in [-0.25, -0.2) is 0 Å². The number of piperidine rings is 1. The number of aliphatic hydroxyl groups excluding tert-OH is 1. The van der Waals surface area contributed by atoms with E-state index in [1.165, 1.54) is 6.42 Å². The Hall–Kier alpha value is 0.0969. The van der Waals surface area contributed by atoms with E-state index >= 15 is 0 Å². The van der Waals surface area contributed by atoms with E-state index < -0.39 is 8.32 Å². The van der Waals surface area contributed by atoms with E-state index in [9.17, 15) is 5.11 Å². The second kappa shape index (κ2) is 5.71. The lowest BCUT2D eigenvalue weighted by Gasteiger charge is -2.49. The van der Waals surface area contributed by atoms with Crippen molar-refractivity contribution >= 4 is 8.32 Å². The Bertz CT molecular complexity index is 340. The SMILES string of the molecule is C[C@@H]1N[C@@H]2CCC[C@H](O)[C@@H]2C[C@H]1O[Si](C)(C)C(C)(C)C. The summed E-state index contributed by atoms with van der Waals surface area (Å²) < 4.78 is 6.62. The molecule has 2 N–H and O–H groups in total. The highest BCUT2D eigenvalue weighted by Gasteiger charge is 2.45. The molecule has 0 amide bonds. The average molecular weight is 300 g/mol. The molecule has 3 nitrogen and oxygen atoms in total. The molecule has 2 fully saturated rings. The molecule has 2 aliphatic rings. The summed E-state index contributed by atoms with van der Waals surface area (Å²) in [5.41, 5.74) is 0. The summed E-state index contributed by atoms with van der Waals surface area (Å²) in [6.45, 7) is 13.8. The fourth-order valence-electron chi connectivity index (χ4n) is 3.39. The Labute approximate surface area is 125 Å². The van der Waals surface area contributed by atoms with Crippen LogP contribution < -0.4 is 5.32 Å². The van der Waals surface area contributed by atoms with Crippen LogP contribution in [-0.4, -0.2) is 37.7 Å². The Morgan fingerprint density at radius 3 is 2.45 bits per heavy atom. The van der Waals surface area contributed by atoms with E-state index in [-0.39, 0.29) is 17.2 Å². The predicted octanol–water partition coefficient (Wildman–Crippen LogP) is 3.29. The minimum Gasteiger partial charge on any atom is -0.412 e. The zero-order chi connectivity index (χ0) is 15.1. The fraction of sp³-hybridized carbons (Fsp3) is 1.00. The molecular weight excluding hydrogens is 266 g/mol. The van der Waals surface area contributed by atoms with Crippen LogP contribution >= 0.6 is 0 Å². The van der Waals surface area contributed by atoms with E-state index in [0.717, 1.165) is 19.3 Å². The van der Waals surface area contributed by atoms with Gasteiger partial charge in [0.05, 0.1) is 12.2 Å². The number of rotatable bonds is 2. The molecule has 1 aliphatic heterocycles. The average Bonchev–Trinajstić information content (AvgIpc) is 2.29. The predicted molar refractivity (Wildman–Crippen MR) is 86.4 cm³/mol. The van der Waals surface area contributed by atoms with E-state index in [4.69, 9.17) is 4.43 Å². The number of hydrogen-bond donors (Lipinski definition) is 2. The number of hydrogen-bond acceptors (Lipinski definition) is 3.